The van der Waals surface area contributed by atoms with Crippen molar-refractivity contribution in [3.05, 3.63) is 243 Å². The number of hydrogen-bond donors (Lipinski definition) is 0. The van der Waals surface area contributed by atoms with E-state index in [0.717, 1.165) is 88.7 Å². The average Bonchev–Trinajstić information content (AvgIpc) is 3.37. The Labute approximate surface area is 368 Å². The summed E-state index contributed by atoms with van der Waals surface area (Å²) in [6.07, 6.45) is 0. The number of hydrogen-bond acceptors (Lipinski definition) is 1. The van der Waals surface area contributed by atoms with Gasteiger partial charge in [-0.2, -0.15) is 0 Å². The van der Waals surface area contributed by atoms with E-state index in [1.54, 1.807) is 0 Å². The topological polar surface area (TPSA) is 20.3 Å². The second kappa shape index (κ2) is 15.0. The Balaban J connectivity index is 1.05. The molecule has 0 unspecified atom stereocenters. The summed E-state index contributed by atoms with van der Waals surface area (Å²) >= 11 is 0. The van der Waals surface area contributed by atoms with Gasteiger partial charge >= 0.3 is 0 Å². The third-order valence-electron chi connectivity index (χ3n) is 12.7. The molecule has 2 heterocycles. The fourth-order valence-electron chi connectivity index (χ4n) is 9.72. The monoisotopic (exact) mass is 821 g/mol. The summed E-state index contributed by atoms with van der Waals surface area (Å²) in [4.78, 5) is 0. The highest BCUT2D eigenvalue weighted by molar-refractivity contribution is 7.81. The highest BCUT2D eigenvalue weighted by Gasteiger charge is 2.47. The Bertz CT molecular complexity index is 3080. The van der Waals surface area contributed by atoms with Gasteiger partial charge in [0.2, 0.25) is 7.29 Å². The molecule has 0 radical (unpaired) electrons. The van der Waals surface area contributed by atoms with E-state index in [-0.39, 0.29) is 0 Å². The van der Waals surface area contributed by atoms with E-state index >= 15 is 4.57 Å². The largest absolute Gasteiger partial charge is 0.289 e. The Morgan fingerprint density at radius 2 is 0.524 bits per heavy atom. The molecule has 296 valence electrons. The maximum atomic E-state index is 16.4. The highest BCUT2D eigenvalue weighted by Crippen LogP contribution is 2.66. The van der Waals surface area contributed by atoms with E-state index in [2.05, 4.69) is 235 Å². The van der Waals surface area contributed by atoms with Gasteiger partial charge in [0.15, 0.2) is 0 Å². The second-order valence-electron chi connectivity index (χ2n) is 16.4. The molecule has 3 heteroatoms. The quantitative estimate of drug-likeness (QED) is 0.156. The van der Waals surface area contributed by atoms with Gasteiger partial charge < -0.3 is 0 Å². The van der Waals surface area contributed by atoms with Gasteiger partial charge in [0.25, 0.3) is 0 Å². The fraction of sp³-hybridized carbons (Fsp3) is 0. The molecule has 63 heavy (non-hydrogen) atoms. The molecule has 0 saturated carbocycles. The molecule has 0 bridgehead atoms. The summed E-state index contributed by atoms with van der Waals surface area (Å²) in [5.41, 5.74) is 19.9. The molecule has 2 aliphatic rings. The zero-order valence-corrected chi connectivity index (χ0v) is 35.3. The minimum atomic E-state index is -3.39. The minimum Gasteiger partial charge on any atom is -0.289 e. The molecule has 2 aliphatic heterocycles. The number of nitrogens with zero attached hydrogens (tertiary/aromatic N) is 1. The molecule has 12 rings (SSSR count). The molecule has 0 N–H and O–H groups in total. The van der Waals surface area contributed by atoms with E-state index in [9.17, 15) is 0 Å². The molecule has 0 saturated heterocycles. The predicted octanol–water partition coefficient (Wildman–Crippen LogP) is 15.7. The van der Waals surface area contributed by atoms with Crippen molar-refractivity contribution in [3.8, 4) is 89.0 Å². The standard InChI is InChI=1S/C60H40NOP/c62-63-59-27-15-13-25-53(59)55-39-45(51-35-47(41-17-5-1-6-18-41)33-48(36-51)42-19-7-2-8-20-42)29-31-57(55)61(63)58-32-30-46(40-56(58)54-26-14-16-28-60(54)63)52-37-49(43-21-9-3-10-22-43)34-50(38-52)44-23-11-4-12-24-44/h1-40H. The summed E-state index contributed by atoms with van der Waals surface area (Å²) < 4.78 is 18.6. The SMILES string of the molecule is O=P12c3ccccc3-c3cc(-c4cc(-c5ccccc5)cc(-c5ccccc5)c4)ccc3N1c1ccc(-c3cc(-c4ccccc4)cc(-c4ccccc4)c3)cc1-c1ccccc12. The molecule has 0 amide bonds. The lowest BCUT2D eigenvalue weighted by atomic mass is 9.90. The van der Waals surface area contributed by atoms with Crippen LogP contribution in [0, 0.1) is 0 Å². The Morgan fingerprint density at radius 3 is 0.857 bits per heavy atom. The van der Waals surface area contributed by atoms with Crippen LogP contribution < -0.4 is 15.3 Å². The van der Waals surface area contributed by atoms with Crippen molar-refractivity contribution in [1.29, 1.82) is 0 Å². The zero-order chi connectivity index (χ0) is 41.9. The molecule has 0 spiro atoms. The lowest BCUT2D eigenvalue weighted by Gasteiger charge is -2.44. The van der Waals surface area contributed by atoms with Crippen LogP contribution in [0.2, 0.25) is 0 Å². The van der Waals surface area contributed by atoms with Crippen molar-refractivity contribution in [2.24, 2.45) is 0 Å². The van der Waals surface area contributed by atoms with Gasteiger partial charge in [0.1, 0.15) is 0 Å². The van der Waals surface area contributed by atoms with Crippen LogP contribution in [0.5, 0.6) is 0 Å². The normalized spacial score (nSPS) is 12.9. The van der Waals surface area contributed by atoms with Gasteiger partial charge in [-0.1, -0.05) is 170 Å². The van der Waals surface area contributed by atoms with E-state index in [1.807, 2.05) is 12.1 Å². The molecule has 0 aromatic heterocycles. The predicted molar refractivity (Wildman–Crippen MR) is 265 cm³/mol. The first kappa shape index (κ1) is 37.0. The summed E-state index contributed by atoms with van der Waals surface area (Å²) in [6, 6.07) is 86.3. The first-order valence-corrected chi connectivity index (χ1v) is 23.2. The third-order valence-corrected chi connectivity index (χ3v) is 15.8. The van der Waals surface area contributed by atoms with E-state index in [0.29, 0.717) is 0 Å². The van der Waals surface area contributed by atoms with Crippen LogP contribution in [-0.4, -0.2) is 0 Å². The van der Waals surface area contributed by atoms with E-state index < -0.39 is 7.29 Å². The molecule has 0 fully saturated rings. The van der Waals surface area contributed by atoms with Crippen molar-refractivity contribution in [3.63, 3.8) is 0 Å². The van der Waals surface area contributed by atoms with Crippen LogP contribution in [0.25, 0.3) is 89.0 Å². The van der Waals surface area contributed by atoms with Crippen molar-refractivity contribution < 1.29 is 4.57 Å². The van der Waals surface area contributed by atoms with Crippen LogP contribution in [0.4, 0.5) is 11.4 Å². The second-order valence-corrected chi connectivity index (χ2v) is 19.0. The van der Waals surface area contributed by atoms with Gasteiger partial charge in [0.05, 0.1) is 11.4 Å². The lowest BCUT2D eigenvalue weighted by Crippen LogP contribution is -2.37. The van der Waals surface area contributed by atoms with Crippen LogP contribution in [0.3, 0.4) is 0 Å². The summed E-state index contributed by atoms with van der Waals surface area (Å²) in [7, 11) is -3.39. The maximum Gasteiger partial charge on any atom is 0.235 e. The van der Waals surface area contributed by atoms with E-state index in [4.69, 9.17) is 0 Å². The van der Waals surface area contributed by atoms with Crippen LogP contribution in [-0.2, 0) is 4.57 Å². The van der Waals surface area contributed by atoms with Gasteiger partial charge in [-0.3, -0.25) is 9.24 Å². The lowest BCUT2D eigenvalue weighted by molar-refractivity contribution is 0.586. The van der Waals surface area contributed by atoms with Crippen molar-refractivity contribution in [1.82, 2.24) is 0 Å². The first-order chi connectivity index (χ1) is 31.1. The number of rotatable bonds is 6. The number of benzene rings is 10. The molecular formula is C60H40NOP. The molecule has 10 aromatic carbocycles. The maximum absolute atomic E-state index is 16.4. The Kier molecular flexibility index (Phi) is 8.81. The first-order valence-electron chi connectivity index (χ1n) is 21.5. The smallest absolute Gasteiger partial charge is 0.235 e. The summed E-state index contributed by atoms with van der Waals surface area (Å²) in [5, 5.41) is 1.73. The van der Waals surface area contributed by atoms with Crippen LogP contribution >= 0.6 is 7.29 Å². The van der Waals surface area contributed by atoms with Gasteiger partial charge in [-0.25, -0.2) is 0 Å². The van der Waals surface area contributed by atoms with Crippen molar-refractivity contribution in [2.45, 2.75) is 0 Å². The summed E-state index contributed by atoms with van der Waals surface area (Å²) in [5.74, 6) is 0. The highest BCUT2D eigenvalue weighted by atomic mass is 31.2. The van der Waals surface area contributed by atoms with Crippen LogP contribution in [0.1, 0.15) is 0 Å². The van der Waals surface area contributed by atoms with E-state index in [1.165, 1.54) is 22.3 Å². The van der Waals surface area contributed by atoms with Crippen molar-refractivity contribution in [2.75, 3.05) is 4.67 Å². The molecular weight excluding hydrogens is 782 g/mol. The number of fused-ring (bicyclic) bond motifs is 11. The molecule has 0 atom stereocenters. The van der Waals surface area contributed by atoms with Crippen molar-refractivity contribution >= 4 is 29.3 Å². The fourth-order valence-corrected chi connectivity index (χ4v) is 13.0. The summed E-state index contributed by atoms with van der Waals surface area (Å²) in [6.45, 7) is 0. The average molecular weight is 822 g/mol. The van der Waals surface area contributed by atoms with Gasteiger partial charge in [0, 0.05) is 21.7 Å². The molecule has 10 aromatic rings. The Morgan fingerprint density at radius 1 is 0.238 bits per heavy atom. The zero-order valence-electron chi connectivity index (χ0n) is 34.4. The Hall–Kier alpha value is -7.77. The van der Waals surface area contributed by atoms with Gasteiger partial charge in [-0.15, -0.1) is 0 Å². The van der Waals surface area contributed by atoms with Gasteiger partial charge in [-0.05, 0) is 151 Å². The number of anilines is 2. The molecule has 0 aliphatic carbocycles. The third kappa shape index (κ3) is 6.22. The minimum absolute atomic E-state index is 0.864. The molecule has 2 nitrogen and oxygen atoms in total. The van der Waals surface area contributed by atoms with Crippen LogP contribution in [0.15, 0.2) is 243 Å².